The van der Waals surface area contributed by atoms with Crippen LogP contribution in [0.3, 0.4) is 0 Å². The van der Waals surface area contributed by atoms with Crippen molar-refractivity contribution in [1.82, 2.24) is 0 Å². The molecule has 16 aromatic rings. The van der Waals surface area contributed by atoms with E-state index in [0.717, 1.165) is 90.8 Å². The number of phenolic OH excluding ortho intramolecular Hbond substituents is 5. The standard InChI is InChI=1S/C23H16N2O3.C23H17NO2.C12H9NO4.C12H10O3.C11H11N2.C11H8O3.2C2H4O2.5C2H6.2HNO2.2Na/c26-21-14-13-18-19(22(21)25-28)7-4-8-20(18)23(27)24-17-11-9-16(10-12-17)15-5-2-1-3-6-15;25-20-13-14-21-18(15-20)7-4-8-22(21)23(26)24-19-11-9-17(10-12-19)16-5-2-1-3-6-16;1-17-12(15)9-4-2-3-8-7(9)5-6-10(14)11(8)13-16;1-15-12(14)11-4-2-3-8-7-9(13)5-6-10(8)11;12-10-4-6-11(7-5-10)13-8-2-1-3-9-13;12-8-4-5-9-7(6-8)2-1-3-10(9)11(13)14;2*1-2(3)4;5*1-2;2*2-1-3;;/h1-14,26H,(H,24,27);1-15,25H,(H,24,26);2-6,14H,1H3;2-7,13H,1H3;1-9H,12H2;1-6,12H,(H,13,14);2*1H3,(H,3,4);5*1-2H3;2*(H,2,3);;/q;;;;+1;;;;;;;;;;;2*+1/p-2. The van der Waals surface area contributed by atoms with E-state index in [9.17, 15) is 59.3 Å². The van der Waals surface area contributed by atoms with Crippen molar-refractivity contribution in [3.8, 4) is 56.7 Å². The molecule has 31 nitrogen and oxygen atoms in total. The van der Waals surface area contributed by atoms with Crippen molar-refractivity contribution in [2.45, 2.75) is 83.1 Å². The van der Waals surface area contributed by atoms with Gasteiger partial charge in [0.15, 0.2) is 23.8 Å². The molecular formula is C106H109N8Na2O23+. The number of methoxy groups -OCH3 is 2. The fourth-order valence-electron chi connectivity index (χ4n) is 12.2. The fourth-order valence-corrected chi connectivity index (χ4v) is 12.2. The zero-order chi connectivity index (χ0) is 102. The fraction of sp³-hybridized carbons (Fsp3) is 0.132. The quantitative estimate of drug-likeness (QED) is 0.0135. The number of rotatable bonds is 12. The number of amides is 2. The van der Waals surface area contributed by atoms with E-state index in [1.165, 1.54) is 32.4 Å². The first kappa shape index (κ1) is 123. The second-order valence-corrected chi connectivity index (χ2v) is 26.1. The summed E-state index contributed by atoms with van der Waals surface area (Å²) in [7, 11) is 2.63. The summed E-state index contributed by atoms with van der Waals surface area (Å²) in [5.41, 5.74) is 15.2. The molecule has 33 heteroatoms. The number of benzene rings is 15. The number of aromatic nitrogens is 1. The third-order valence-electron chi connectivity index (χ3n) is 17.7. The van der Waals surface area contributed by atoms with Crippen molar-refractivity contribution in [3.05, 3.63) is 392 Å². The second kappa shape index (κ2) is 68.8. The van der Waals surface area contributed by atoms with Crippen molar-refractivity contribution in [2.24, 2.45) is 21.0 Å². The van der Waals surface area contributed by atoms with Crippen LogP contribution in [-0.2, 0) is 19.1 Å². The number of nitrogens with one attached hydrogen (secondary N) is 2. The summed E-state index contributed by atoms with van der Waals surface area (Å²) in [4.78, 5) is 115. The number of carbonyl (C=O) groups is 7. The number of carboxylic acid groups (broad SMARTS) is 3. The van der Waals surface area contributed by atoms with E-state index in [1.54, 1.807) is 133 Å². The molecule has 16 rings (SSSR count). The van der Waals surface area contributed by atoms with Gasteiger partial charge in [-0.15, -0.1) is 20.5 Å². The second-order valence-electron chi connectivity index (χ2n) is 26.1. The molecule has 0 saturated carbocycles. The Kier molecular flexibility index (Phi) is 60.8. The zero-order valence-electron chi connectivity index (χ0n) is 79.8. The first-order valence-corrected chi connectivity index (χ1v) is 42.4. The molecule has 0 aliphatic rings. The number of carboxylic acids is 3. The van der Waals surface area contributed by atoms with Gasteiger partial charge in [0.25, 0.3) is 23.8 Å². The van der Waals surface area contributed by atoms with Crippen LogP contribution in [0, 0.1) is 30.0 Å². The number of nitrogens with zero attached hydrogens (tertiary/aromatic N) is 5. The molecule has 0 unspecified atom stereocenters. The number of phenols is 5. The predicted molar refractivity (Wildman–Crippen MR) is 542 cm³/mol. The third-order valence-corrected chi connectivity index (χ3v) is 17.7. The van der Waals surface area contributed by atoms with Gasteiger partial charge >= 0.3 is 77.0 Å². The largest absolute Gasteiger partial charge is 1.00 e. The van der Waals surface area contributed by atoms with E-state index in [2.05, 4.69) is 42.6 Å². The predicted octanol–water partition coefficient (Wildman–Crippen LogP) is 20.0. The average molecular weight is 1910 g/mol. The molecule has 0 atom stereocenters. The minimum absolute atomic E-state index is 0. The van der Waals surface area contributed by atoms with Crippen LogP contribution in [0.4, 0.5) is 28.4 Å². The van der Waals surface area contributed by atoms with Gasteiger partial charge in [-0.1, -0.05) is 221 Å². The molecule has 0 fully saturated rings. The van der Waals surface area contributed by atoms with Gasteiger partial charge in [-0.2, -0.15) is 4.57 Å². The van der Waals surface area contributed by atoms with Gasteiger partial charge in [0.05, 0.1) is 30.9 Å². The van der Waals surface area contributed by atoms with E-state index in [1.807, 2.05) is 244 Å². The SMILES string of the molecule is CC.CC.CC.CC.CC.CC(=O)O.CC(=O)O.COC(=O)c1cccc2c(N=O)c(O)ccc12.COC(=O)c1cccc2cc(O)ccc12.Nc1ccc(-[n+]2ccccc2)cc1.O=C(Nc1ccc(-c2ccccc2)cc1)c1cccc2cc(O)ccc12.O=C(O)c1cccc2cc(O)ccc12.O=N[O-].O=N[O-].O=Nc1c(O)ccc2c(C(=O)Nc3ccc(-c4ccccc4)cc3)cccc12.[Na+].[Na+]. The Bertz CT molecular complexity index is 6510. The summed E-state index contributed by atoms with van der Waals surface area (Å²) in [6, 6.07) is 95.1. The summed E-state index contributed by atoms with van der Waals surface area (Å²) in [5.74, 6) is -3.89. The molecule has 712 valence electrons. The average Bonchev–Trinajstić information content (AvgIpc) is 0.798. The number of hydrogen-bond donors (Lipinski definition) is 11. The number of aromatic carboxylic acids is 1. The Morgan fingerprint density at radius 2 is 0.597 bits per heavy atom. The number of aromatic hydroxyl groups is 5. The van der Waals surface area contributed by atoms with Crippen LogP contribution in [0.2, 0.25) is 0 Å². The van der Waals surface area contributed by atoms with Crippen LogP contribution in [0.25, 0.3) is 81.8 Å². The van der Waals surface area contributed by atoms with Crippen molar-refractivity contribution < 1.29 is 148 Å². The summed E-state index contributed by atoms with van der Waals surface area (Å²) < 4.78 is 11.4. The molecule has 0 saturated heterocycles. The molecule has 2 amide bonds. The minimum Gasteiger partial charge on any atom is -0.508 e. The van der Waals surface area contributed by atoms with Crippen LogP contribution in [-0.4, -0.2) is 96.7 Å². The van der Waals surface area contributed by atoms with E-state index in [-0.39, 0.29) is 123 Å². The number of hydrogen-bond acceptors (Lipinski definition) is 25. The molecule has 0 bridgehead atoms. The molecule has 12 N–H and O–H groups in total. The first-order chi connectivity index (χ1) is 66.1. The van der Waals surface area contributed by atoms with Gasteiger partial charge in [0, 0.05) is 77.1 Å². The van der Waals surface area contributed by atoms with Crippen LogP contribution < -0.4 is 80.0 Å². The van der Waals surface area contributed by atoms with Crippen molar-refractivity contribution in [1.29, 1.82) is 0 Å². The van der Waals surface area contributed by atoms with Gasteiger partial charge in [-0.3, -0.25) is 19.2 Å². The van der Waals surface area contributed by atoms with Crippen LogP contribution in [0.1, 0.15) is 135 Å². The molecule has 0 spiro atoms. The Morgan fingerprint density at radius 1 is 0.324 bits per heavy atom. The van der Waals surface area contributed by atoms with Crippen LogP contribution in [0.15, 0.2) is 355 Å². The number of carbonyl (C=O) groups excluding carboxylic acids is 4. The number of nitrogen functional groups attached to an aromatic ring is 1. The monoisotopic (exact) mass is 1910 g/mol. The van der Waals surface area contributed by atoms with E-state index in [0.29, 0.717) is 54.9 Å². The normalized spacial score (nSPS) is 9.17. The summed E-state index contributed by atoms with van der Waals surface area (Å²) in [6.07, 6.45) is 4.01. The Hall–Kier alpha value is -16.2. The van der Waals surface area contributed by atoms with Crippen LogP contribution >= 0.6 is 0 Å². The number of fused-ring (bicyclic) bond motifs is 5. The summed E-state index contributed by atoms with van der Waals surface area (Å²) in [6.45, 7) is 22.2. The smallest absolute Gasteiger partial charge is 0.508 e. The molecule has 0 aliphatic heterocycles. The summed E-state index contributed by atoms with van der Waals surface area (Å²) in [5, 5.41) is 107. The van der Waals surface area contributed by atoms with Gasteiger partial charge in [0.1, 0.15) is 28.7 Å². The number of nitroso groups, excluding NO2 is 2. The van der Waals surface area contributed by atoms with Gasteiger partial charge in [-0.25, -0.2) is 14.4 Å². The molecular weight excluding hydrogens is 1800 g/mol. The van der Waals surface area contributed by atoms with Crippen molar-refractivity contribution in [3.63, 3.8) is 0 Å². The van der Waals surface area contributed by atoms with E-state index >= 15 is 0 Å². The number of nitrogens with two attached hydrogens (primary N) is 1. The zero-order valence-corrected chi connectivity index (χ0v) is 83.8. The summed E-state index contributed by atoms with van der Waals surface area (Å²) >= 11 is 0. The molecule has 15 aromatic carbocycles. The maximum atomic E-state index is 12.8. The maximum Gasteiger partial charge on any atom is 1.00 e. The Morgan fingerprint density at radius 3 is 0.928 bits per heavy atom. The number of pyridine rings is 1. The van der Waals surface area contributed by atoms with Gasteiger partial charge < -0.3 is 86.9 Å². The molecule has 1 aromatic heterocycles. The number of anilines is 3. The maximum absolute atomic E-state index is 12.8. The molecule has 0 radical (unpaired) electrons. The van der Waals surface area contributed by atoms with Gasteiger partial charge in [-0.05, 0) is 221 Å². The van der Waals surface area contributed by atoms with Crippen molar-refractivity contribution >= 4 is 124 Å². The van der Waals surface area contributed by atoms with Gasteiger partial charge in [0.2, 0.25) is 5.69 Å². The first-order valence-electron chi connectivity index (χ1n) is 42.4. The number of ether oxygens (including phenoxy) is 2. The van der Waals surface area contributed by atoms with Crippen molar-refractivity contribution in [2.75, 3.05) is 30.6 Å². The van der Waals surface area contributed by atoms with E-state index in [4.69, 9.17) is 50.9 Å². The molecule has 139 heavy (non-hydrogen) atoms. The topological polar surface area (TPSA) is 518 Å². The molecule has 0 aliphatic carbocycles. The van der Waals surface area contributed by atoms with E-state index < -0.39 is 23.9 Å². The number of aliphatic carboxylic acids is 2. The third kappa shape index (κ3) is 40.1. The minimum atomic E-state index is -0.957. The Labute approximate surface area is 848 Å². The van der Waals surface area contributed by atoms with Crippen LogP contribution in [0.5, 0.6) is 28.7 Å². The number of esters is 2. The Balaban J connectivity index is 0.00000159. The molecule has 1 heterocycles.